The molecule has 142 valence electrons. The SMILES string of the molecule is CCc1cccc(CC)c1N1CC(C(=O)NC2CCCCCC2)CC1=O. The van der Waals surface area contributed by atoms with Crippen LogP contribution in [0.4, 0.5) is 5.69 Å². The van der Waals surface area contributed by atoms with Crippen LogP contribution in [0, 0.1) is 5.92 Å². The summed E-state index contributed by atoms with van der Waals surface area (Å²) in [6.45, 7) is 4.76. The molecule has 0 bridgehead atoms. The lowest BCUT2D eigenvalue weighted by Gasteiger charge is -2.24. The number of nitrogens with one attached hydrogen (secondary N) is 1. The highest BCUT2D eigenvalue weighted by Crippen LogP contribution is 2.32. The van der Waals surface area contributed by atoms with Crippen molar-refractivity contribution in [3.05, 3.63) is 29.3 Å². The van der Waals surface area contributed by atoms with Crippen LogP contribution in [0.1, 0.15) is 69.9 Å². The van der Waals surface area contributed by atoms with Gasteiger partial charge in [-0.1, -0.05) is 57.7 Å². The van der Waals surface area contributed by atoms with Crippen molar-refractivity contribution in [1.82, 2.24) is 5.32 Å². The Morgan fingerprint density at radius 1 is 1.08 bits per heavy atom. The number of benzene rings is 1. The number of carbonyl (C=O) groups excluding carboxylic acids is 2. The van der Waals surface area contributed by atoms with Crippen molar-refractivity contribution in [2.75, 3.05) is 11.4 Å². The monoisotopic (exact) mass is 356 g/mol. The third-order valence-corrected chi connectivity index (χ3v) is 5.93. The van der Waals surface area contributed by atoms with Gasteiger partial charge in [0.15, 0.2) is 0 Å². The number of amides is 2. The smallest absolute Gasteiger partial charge is 0.227 e. The summed E-state index contributed by atoms with van der Waals surface area (Å²) in [5.41, 5.74) is 3.44. The van der Waals surface area contributed by atoms with Gasteiger partial charge in [0.25, 0.3) is 0 Å². The molecule has 0 spiro atoms. The number of hydrogen-bond acceptors (Lipinski definition) is 2. The fraction of sp³-hybridized carbons (Fsp3) is 0.636. The van der Waals surface area contributed by atoms with Gasteiger partial charge in [-0.3, -0.25) is 9.59 Å². The van der Waals surface area contributed by atoms with Crippen LogP contribution in [-0.4, -0.2) is 24.4 Å². The predicted octanol–water partition coefficient (Wildman–Crippen LogP) is 4.00. The Hall–Kier alpha value is -1.84. The predicted molar refractivity (Wildman–Crippen MR) is 105 cm³/mol. The standard InChI is InChI=1S/C22H32N2O2/c1-3-16-10-9-11-17(4-2)21(16)24-15-18(14-20(24)25)22(26)23-19-12-7-5-6-8-13-19/h9-11,18-19H,3-8,12-15H2,1-2H3,(H,23,26). The summed E-state index contributed by atoms with van der Waals surface area (Å²) in [6.07, 6.45) is 9.22. The Labute approximate surface area is 157 Å². The zero-order valence-corrected chi connectivity index (χ0v) is 16.2. The van der Waals surface area contributed by atoms with E-state index in [0.29, 0.717) is 19.0 Å². The Kier molecular flexibility index (Phi) is 6.33. The van der Waals surface area contributed by atoms with Crippen molar-refractivity contribution in [2.45, 2.75) is 77.7 Å². The maximum atomic E-state index is 12.8. The van der Waals surface area contributed by atoms with Crippen molar-refractivity contribution in [1.29, 1.82) is 0 Å². The lowest BCUT2D eigenvalue weighted by molar-refractivity contribution is -0.127. The average molecular weight is 357 g/mol. The Bertz CT molecular complexity index is 625. The lowest BCUT2D eigenvalue weighted by atomic mass is 10.0. The molecule has 0 radical (unpaired) electrons. The number of nitrogens with zero attached hydrogens (tertiary/aromatic N) is 1. The third kappa shape index (κ3) is 4.11. The number of para-hydroxylation sites is 1. The second-order valence-corrected chi connectivity index (χ2v) is 7.73. The zero-order chi connectivity index (χ0) is 18.5. The summed E-state index contributed by atoms with van der Waals surface area (Å²) in [5.74, 6) is -0.0678. The summed E-state index contributed by atoms with van der Waals surface area (Å²) in [4.78, 5) is 27.4. The highest BCUT2D eigenvalue weighted by molar-refractivity contribution is 6.01. The fourth-order valence-electron chi connectivity index (χ4n) is 4.40. The first kappa shape index (κ1) is 18.9. The summed E-state index contributed by atoms with van der Waals surface area (Å²) in [7, 11) is 0. The van der Waals surface area contributed by atoms with Crippen LogP contribution in [0.2, 0.25) is 0 Å². The minimum atomic E-state index is -0.222. The number of aryl methyl sites for hydroxylation is 2. The van der Waals surface area contributed by atoms with E-state index in [1.807, 2.05) is 4.90 Å². The molecule has 1 aromatic rings. The van der Waals surface area contributed by atoms with Gasteiger partial charge in [-0.2, -0.15) is 0 Å². The first-order valence-corrected chi connectivity index (χ1v) is 10.4. The van der Waals surface area contributed by atoms with E-state index in [0.717, 1.165) is 31.4 Å². The lowest BCUT2D eigenvalue weighted by Crippen LogP contribution is -2.39. The van der Waals surface area contributed by atoms with Crippen LogP contribution in [-0.2, 0) is 22.4 Å². The van der Waals surface area contributed by atoms with Crippen molar-refractivity contribution < 1.29 is 9.59 Å². The van der Waals surface area contributed by atoms with Gasteiger partial charge in [0.05, 0.1) is 5.92 Å². The van der Waals surface area contributed by atoms with Crippen LogP contribution < -0.4 is 10.2 Å². The van der Waals surface area contributed by atoms with Gasteiger partial charge in [-0.15, -0.1) is 0 Å². The molecule has 1 unspecified atom stereocenters. The van der Waals surface area contributed by atoms with Crippen molar-refractivity contribution in [2.24, 2.45) is 5.92 Å². The first-order chi connectivity index (χ1) is 12.6. The van der Waals surface area contributed by atoms with Gasteiger partial charge in [0.2, 0.25) is 11.8 Å². The van der Waals surface area contributed by atoms with Gasteiger partial charge in [0.1, 0.15) is 0 Å². The molecule has 1 aliphatic heterocycles. The minimum absolute atomic E-state index is 0.0692. The maximum absolute atomic E-state index is 12.8. The fourth-order valence-corrected chi connectivity index (χ4v) is 4.40. The molecule has 1 saturated carbocycles. The summed E-state index contributed by atoms with van der Waals surface area (Å²) in [5, 5.41) is 3.23. The average Bonchev–Trinajstić information content (AvgIpc) is 2.86. The molecule has 1 N–H and O–H groups in total. The van der Waals surface area contributed by atoms with Gasteiger partial charge in [0, 0.05) is 24.7 Å². The number of hydrogen-bond donors (Lipinski definition) is 1. The molecule has 1 atom stereocenters. The molecule has 3 rings (SSSR count). The van der Waals surface area contributed by atoms with Gasteiger partial charge >= 0.3 is 0 Å². The Morgan fingerprint density at radius 2 is 1.69 bits per heavy atom. The summed E-state index contributed by atoms with van der Waals surface area (Å²) >= 11 is 0. The molecule has 26 heavy (non-hydrogen) atoms. The molecular weight excluding hydrogens is 324 g/mol. The maximum Gasteiger partial charge on any atom is 0.227 e. The van der Waals surface area contributed by atoms with E-state index in [4.69, 9.17) is 0 Å². The molecule has 1 saturated heterocycles. The van der Waals surface area contributed by atoms with Crippen LogP contribution in [0.15, 0.2) is 18.2 Å². The molecule has 2 fully saturated rings. The molecule has 1 aliphatic carbocycles. The van der Waals surface area contributed by atoms with E-state index < -0.39 is 0 Å². The summed E-state index contributed by atoms with van der Waals surface area (Å²) < 4.78 is 0. The van der Waals surface area contributed by atoms with Crippen LogP contribution in [0.3, 0.4) is 0 Å². The second kappa shape index (κ2) is 8.70. The molecule has 1 aromatic carbocycles. The third-order valence-electron chi connectivity index (χ3n) is 5.93. The van der Waals surface area contributed by atoms with E-state index in [1.165, 1.54) is 36.8 Å². The molecular formula is C22H32N2O2. The molecule has 0 aromatic heterocycles. The molecule has 2 amide bonds. The Morgan fingerprint density at radius 3 is 2.27 bits per heavy atom. The number of carbonyl (C=O) groups is 2. The number of rotatable bonds is 5. The van der Waals surface area contributed by atoms with Gasteiger partial charge in [-0.05, 0) is 36.8 Å². The summed E-state index contributed by atoms with van der Waals surface area (Å²) in [6, 6.07) is 6.56. The van der Waals surface area contributed by atoms with Crippen molar-refractivity contribution in [3.63, 3.8) is 0 Å². The van der Waals surface area contributed by atoms with Crippen LogP contribution in [0.25, 0.3) is 0 Å². The van der Waals surface area contributed by atoms with Gasteiger partial charge in [-0.25, -0.2) is 0 Å². The first-order valence-electron chi connectivity index (χ1n) is 10.4. The zero-order valence-electron chi connectivity index (χ0n) is 16.2. The number of anilines is 1. The minimum Gasteiger partial charge on any atom is -0.353 e. The largest absolute Gasteiger partial charge is 0.353 e. The van der Waals surface area contributed by atoms with Crippen molar-refractivity contribution in [3.8, 4) is 0 Å². The molecule has 2 aliphatic rings. The normalized spacial score (nSPS) is 21.7. The molecule has 4 nitrogen and oxygen atoms in total. The van der Waals surface area contributed by atoms with Crippen LogP contribution >= 0.6 is 0 Å². The molecule has 4 heteroatoms. The van der Waals surface area contributed by atoms with Crippen LogP contribution in [0.5, 0.6) is 0 Å². The van der Waals surface area contributed by atoms with E-state index in [1.54, 1.807) is 0 Å². The topological polar surface area (TPSA) is 49.4 Å². The van der Waals surface area contributed by atoms with E-state index in [-0.39, 0.29) is 17.7 Å². The quantitative estimate of drug-likeness (QED) is 0.811. The van der Waals surface area contributed by atoms with Crippen molar-refractivity contribution >= 4 is 17.5 Å². The molecule has 1 heterocycles. The van der Waals surface area contributed by atoms with Gasteiger partial charge < -0.3 is 10.2 Å². The van der Waals surface area contributed by atoms with E-state index in [9.17, 15) is 9.59 Å². The highest BCUT2D eigenvalue weighted by Gasteiger charge is 2.37. The Balaban J connectivity index is 1.71. The highest BCUT2D eigenvalue weighted by atomic mass is 16.2. The van der Waals surface area contributed by atoms with E-state index in [2.05, 4.69) is 37.4 Å². The second-order valence-electron chi connectivity index (χ2n) is 7.73. The van der Waals surface area contributed by atoms with E-state index >= 15 is 0 Å².